The second-order valence-corrected chi connectivity index (χ2v) is 3.01. The third-order valence-corrected chi connectivity index (χ3v) is 2.04. The summed E-state index contributed by atoms with van der Waals surface area (Å²) in [7, 11) is 0. The molecule has 2 aromatic rings. The molecule has 0 aliphatic carbocycles. The summed E-state index contributed by atoms with van der Waals surface area (Å²) >= 11 is 0. The number of nitrogens with one attached hydrogen (secondary N) is 2. The van der Waals surface area contributed by atoms with Gasteiger partial charge < -0.3 is 10.3 Å². The summed E-state index contributed by atoms with van der Waals surface area (Å²) in [5.74, 6) is 0.924. The van der Waals surface area contributed by atoms with Crippen molar-refractivity contribution < 1.29 is 8.78 Å². The van der Waals surface area contributed by atoms with E-state index in [1.165, 1.54) is 0 Å². The number of rotatable bonds is 1. The Kier molecular flexibility index (Phi) is 2.30. The minimum absolute atomic E-state index is 0.536. The van der Waals surface area contributed by atoms with Crippen molar-refractivity contribution in [2.75, 3.05) is 5.32 Å². The lowest BCUT2D eigenvalue weighted by atomic mass is 10.2. The molecule has 1 heterocycles. The minimum atomic E-state index is -0.866. The molecule has 0 spiro atoms. The highest BCUT2D eigenvalue weighted by atomic mass is 19.2. The summed E-state index contributed by atoms with van der Waals surface area (Å²) in [6.45, 7) is 1.68. The Morgan fingerprint density at radius 2 is 2.00 bits per heavy atom. The summed E-state index contributed by atoms with van der Waals surface area (Å²) in [5.41, 5.74) is 1.17. The maximum Gasteiger partial charge on any atom is 0.160 e. The van der Waals surface area contributed by atoms with Crippen molar-refractivity contribution in [1.29, 1.82) is 0 Å². The Hall–Kier alpha value is -2.02. The molecule has 0 atom stereocenters. The first kappa shape index (κ1) is 9.53. The van der Waals surface area contributed by atoms with Gasteiger partial charge in [-0.1, -0.05) is 5.92 Å². The quantitative estimate of drug-likeness (QED) is 0.545. The van der Waals surface area contributed by atoms with Crippen LogP contribution in [-0.2, 0) is 0 Å². The number of hydrogen-bond donors (Lipinski definition) is 2. The standard InChI is InChI=1S/C11H8F2N2/c1-2-3-14-11-6-15-10-5-9(13)8(12)4-7(10)11/h4-6,14-15H,1H3. The van der Waals surface area contributed by atoms with Crippen molar-refractivity contribution >= 4 is 16.6 Å². The van der Waals surface area contributed by atoms with Crippen LogP contribution in [0.3, 0.4) is 0 Å². The predicted molar refractivity (Wildman–Crippen MR) is 55.3 cm³/mol. The van der Waals surface area contributed by atoms with E-state index in [-0.39, 0.29) is 0 Å². The monoisotopic (exact) mass is 206 g/mol. The zero-order chi connectivity index (χ0) is 10.8. The van der Waals surface area contributed by atoms with E-state index in [1.54, 1.807) is 13.1 Å². The fraction of sp³-hybridized carbons (Fsp3) is 0.0909. The lowest BCUT2D eigenvalue weighted by Gasteiger charge is -1.96. The van der Waals surface area contributed by atoms with E-state index in [0.717, 1.165) is 12.1 Å². The summed E-state index contributed by atoms with van der Waals surface area (Å²) in [6, 6.07) is 4.90. The first-order chi connectivity index (χ1) is 7.22. The van der Waals surface area contributed by atoms with Crippen LogP contribution in [0.15, 0.2) is 18.3 Å². The van der Waals surface area contributed by atoms with E-state index in [1.807, 2.05) is 0 Å². The van der Waals surface area contributed by atoms with Gasteiger partial charge in [0, 0.05) is 23.7 Å². The molecule has 0 bridgehead atoms. The van der Waals surface area contributed by atoms with E-state index >= 15 is 0 Å². The molecule has 0 amide bonds. The molecule has 0 radical (unpaired) electrons. The Morgan fingerprint density at radius 3 is 2.73 bits per heavy atom. The SMILES string of the molecule is CC#CNc1c[nH]c2cc(F)c(F)cc12. The van der Waals surface area contributed by atoms with E-state index in [9.17, 15) is 8.78 Å². The molecule has 0 saturated heterocycles. The van der Waals surface area contributed by atoms with Crippen molar-refractivity contribution in [3.8, 4) is 12.0 Å². The second kappa shape index (κ2) is 3.62. The maximum atomic E-state index is 13.0. The van der Waals surface area contributed by atoms with Gasteiger partial charge >= 0.3 is 0 Å². The van der Waals surface area contributed by atoms with Gasteiger partial charge in [0.25, 0.3) is 0 Å². The van der Waals surface area contributed by atoms with Crippen molar-refractivity contribution in [1.82, 2.24) is 4.98 Å². The highest BCUT2D eigenvalue weighted by molar-refractivity contribution is 5.93. The predicted octanol–water partition coefficient (Wildman–Crippen LogP) is 2.84. The Morgan fingerprint density at radius 1 is 1.27 bits per heavy atom. The van der Waals surface area contributed by atoms with Gasteiger partial charge in [0.05, 0.1) is 11.2 Å². The minimum Gasteiger partial charge on any atom is -0.359 e. The van der Waals surface area contributed by atoms with Gasteiger partial charge in [0.1, 0.15) is 0 Å². The van der Waals surface area contributed by atoms with Crippen LogP contribution in [0.5, 0.6) is 0 Å². The third kappa shape index (κ3) is 1.64. The lowest BCUT2D eigenvalue weighted by molar-refractivity contribution is 0.511. The molecule has 4 heteroatoms. The van der Waals surface area contributed by atoms with Gasteiger partial charge in [-0.2, -0.15) is 0 Å². The lowest BCUT2D eigenvalue weighted by Crippen LogP contribution is -1.87. The van der Waals surface area contributed by atoms with Gasteiger partial charge in [0.15, 0.2) is 11.6 Å². The first-order valence-corrected chi connectivity index (χ1v) is 4.36. The molecule has 0 fully saturated rings. The second-order valence-electron chi connectivity index (χ2n) is 3.01. The molecular formula is C11H8F2N2. The van der Waals surface area contributed by atoms with Crippen LogP contribution in [0.2, 0.25) is 0 Å². The van der Waals surface area contributed by atoms with E-state index in [0.29, 0.717) is 16.6 Å². The number of aromatic amines is 1. The molecule has 0 saturated carbocycles. The molecule has 2 nitrogen and oxygen atoms in total. The van der Waals surface area contributed by atoms with Crippen LogP contribution in [0, 0.1) is 23.6 Å². The number of benzene rings is 1. The average Bonchev–Trinajstić information content (AvgIpc) is 2.59. The van der Waals surface area contributed by atoms with Crippen molar-refractivity contribution in [3.63, 3.8) is 0 Å². The summed E-state index contributed by atoms with van der Waals surface area (Å²) in [6.07, 6.45) is 1.62. The topological polar surface area (TPSA) is 27.8 Å². The summed E-state index contributed by atoms with van der Waals surface area (Å²) in [4.78, 5) is 2.83. The molecule has 0 aliphatic rings. The van der Waals surface area contributed by atoms with Crippen LogP contribution >= 0.6 is 0 Å². The molecule has 2 N–H and O–H groups in total. The molecule has 15 heavy (non-hydrogen) atoms. The Balaban J connectivity index is 2.57. The Labute approximate surface area is 85.3 Å². The maximum absolute atomic E-state index is 13.0. The largest absolute Gasteiger partial charge is 0.359 e. The molecule has 76 valence electrons. The zero-order valence-corrected chi connectivity index (χ0v) is 7.99. The van der Waals surface area contributed by atoms with E-state index in [2.05, 4.69) is 22.3 Å². The first-order valence-electron chi connectivity index (χ1n) is 4.36. The van der Waals surface area contributed by atoms with Gasteiger partial charge in [-0.25, -0.2) is 8.78 Å². The van der Waals surface area contributed by atoms with Gasteiger partial charge in [0.2, 0.25) is 0 Å². The van der Waals surface area contributed by atoms with Crippen molar-refractivity contribution in [2.45, 2.75) is 6.92 Å². The van der Waals surface area contributed by atoms with Gasteiger partial charge in [-0.15, -0.1) is 0 Å². The third-order valence-electron chi connectivity index (χ3n) is 2.04. The highest BCUT2D eigenvalue weighted by Crippen LogP contribution is 2.24. The normalized spacial score (nSPS) is 9.80. The molecular weight excluding hydrogens is 198 g/mol. The van der Waals surface area contributed by atoms with Crippen molar-refractivity contribution in [3.05, 3.63) is 30.0 Å². The summed E-state index contributed by atoms with van der Waals surface area (Å²) < 4.78 is 25.8. The molecule has 1 aromatic heterocycles. The van der Waals surface area contributed by atoms with Crippen molar-refractivity contribution in [2.24, 2.45) is 0 Å². The van der Waals surface area contributed by atoms with Crippen LogP contribution in [0.25, 0.3) is 10.9 Å². The van der Waals surface area contributed by atoms with E-state index in [4.69, 9.17) is 0 Å². The van der Waals surface area contributed by atoms with E-state index < -0.39 is 11.6 Å². The van der Waals surface area contributed by atoms with Crippen LogP contribution in [0.1, 0.15) is 6.92 Å². The van der Waals surface area contributed by atoms with Crippen LogP contribution in [0.4, 0.5) is 14.5 Å². The fourth-order valence-electron chi connectivity index (χ4n) is 1.35. The molecule has 0 aliphatic heterocycles. The van der Waals surface area contributed by atoms with Crippen LogP contribution < -0.4 is 5.32 Å². The number of hydrogen-bond acceptors (Lipinski definition) is 1. The fourth-order valence-corrected chi connectivity index (χ4v) is 1.35. The number of anilines is 1. The number of fused-ring (bicyclic) bond motifs is 1. The highest BCUT2D eigenvalue weighted by Gasteiger charge is 2.08. The van der Waals surface area contributed by atoms with Gasteiger partial charge in [-0.3, -0.25) is 0 Å². The van der Waals surface area contributed by atoms with Crippen LogP contribution in [-0.4, -0.2) is 4.98 Å². The molecule has 0 unspecified atom stereocenters. The molecule has 1 aromatic carbocycles. The number of H-pyrrole nitrogens is 1. The zero-order valence-electron chi connectivity index (χ0n) is 7.99. The number of aromatic nitrogens is 1. The smallest absolute Gasteiger partial charge is 0.160 e. The average molecular weight is 206 g/mol. The molecule has 2 rings (SSSR count). The number of halogens is 2. The summed E-state index contributed by atoms with van der Waals surface area (Å²) in [5, 5.41) is 3.36. The van der Waals surface area contributed by atoms with Gasteiger partial charge in [-0.05, 0) is 13.0 Å². The Bertz CT molecular complexity index is 561.